The van der Waals surface area contributed by atoms with Crippen LogP contribution in [0, 0.1) is 6.92 Å². The van der Waals surface area contributed by atoms with E-state index in [-0.39, 0.29) is 0 Å². The highest BCUT2D eigenvalue weighted by Crippen LogP contribution is 2.28. The average Bonchev–Trinajstić information content (AvgIpc) is 2.42. The zero-order valence-electron chi connectivity index (χ0n) is 12.0. The molecule has 100 valence electrons. The molecule has 1 aromatic rings. The van der Waals surface area contributed by atoms with E-state index in [9.17, 15) is 0 Å². The summed E-state index contributed by atoms with van der Waals surface area (Å²) in [5, 5.41) is 0. The van der Waals surface area contributed by atoms with E-state index in [1.54, 1.807) is 12.2 Å². The third-order valence-corrected chi connectivity index (χ3v) is 2.93. The molecule has 0 atom stereocenters. The summed E-state index contributed by atoms with van der Waals surface area (Å²) in [7, 11) is 4.07. The van der Waals surface area contributed by atoms with Crippen molar-refractivity contribution in [1.29, 1.82) is 0 Å². The van der Waals surface area contributed by atoms with E-state index < -0.39 is 0 Å². The van der Waals surface area contributed by atoms with Gasteiger partial charge in [0.15, 0.2) is 0 Å². The van der Waals surface area contributed by atoms with Gasteiger partial charge in [0.25, 0.3) is 0 Å². The number of hydrogen-bond acceptors (Lipinski definition) is 2. The van der Waals surface area contributed by atoms with Gasteiger partial charge >= 0.3 is 0 Å². The molecule has 0 radical (unpaired) electrons. The summed E-state index contributed by atoms with van der Waals surface area (Å²) in [4.78, 5) is 4.18. The second-order valence-electron chi connectivity index (χ2n) is 4.30. The van der Waals surface area contributed by atoms with Crippen LogP contribution in [0.2, 0.25) is 0 Å². The monoisotopic (exact) mass is 254 g/mol. The van der Waals surface area contributed by atoms with Crippen molar-refractivity contribution in [3.8, 4) is 0 Å². The second kappa shape index (κ2) is 7.27. The van der Waals surface area contributed by atoms with Gasteiger partial charge in [-0.2, -0.15) is 0 Å². The third kappa shape index (κ3) is 3.88. The molecule has 0 fully saturated rings. The van der Waals surface area contributed by atoms with Crippen molar-refractivity contribution >= 4 is 11.4 Å². The highest BCUT2D eigenvalue weighted by molar-refractivity contribution is 5.68. The SMILES string of the molecule is C=C/C=C\N(C)c1cccc(N(C)/C=C\C=C)c1C. The Labute approximate surface area is 116 Å². The lowest BCUT2D eigenvalue weighted by Gasteiger charge is -2.23. The quantitative estimate of drug-likeness (QED) is 0.700. The largest absolute Gasteiger partial charge is 0.351 e. The first-order chi connectivity index (χ1) is 9.11. The molecule has 0 aliphatic rings. The van der Waals surface area contributed by atoms with Crippen molar-refractivity contribution < 1.29 is 0 Å². The van der Waals surface area contributed by atoms with E-state index in [1.165, 1.54) is 16.9 Å². The van der Waals surface area contributed by atoms with Crippen LogP contribution in [-0.2, 0) is 0 Å². The van der Waals surface area contributed by atoms with E-state index in [4.69, 9.17) is 0 Å². The lowest BCUT2D eigenvalue weighted by atomic mass is 10.1. The molecule has 0 unspecified atom stereocenters. The Morgan fingerprint density at radius 1 is 0.895 bits per heavy atom. The van der Waals surface area contributed by atoms with Crippen LogP contribution in [0.25, 0.3) is 0 Å². The highest BCUT2D eigenvalue weighted by atomic mass is 15.1. The maximum Gasteiger partial charge on any atom is 0.0454 e. The molecule has 0 saturated heterocycles. The van der Waals surface area contributed by atoms with E-state index in [1.807, 2.05) is 38.6 Å². The minimum absolute atomic E-state index is 1.18. The Hall–Kier alpha value is -2.22. The normalized spacial score (nSPS) is 10.9. The molecule has 2 heteroatoms. The van der Waals surface area contributed by atoms with Gasteiger partial charge in [-0.15, -0.1) is 0 Å². The van der Waals surface area contributed by atoms with Crippen LogP contribution < -0.4 is 9.80 Å². The average molecular weight is 254 g/mol. The Morgan fingerprint density at radius 3 is 1.68 bits per heavy atom. The summed E-state index contributed by atoms with van der Waals surface area (Å²) >= 11 is 0. The van der Waals surface area contributed by atoms with Gasteiger partial charge in [0.05, 0.1) is 0 Å². The summed E-state index contributed by atoms with van der Waals surface area (Å²) in [6.45, 7) is 9.50. The lowest BCUT2D eigenvalue weighted by Crippen LogP contribution is -2.14. The standard InChI is InChI=1S/C17H22N2/c1-6-8-13-18(4)16-11-10-12-17(15(16)3)19(5)14-9-7-2/h6-14H,1-2H2,3-5H3/b13-8-,14-9-. The van der Waals surface area contributed by atoms with Gasteiger partial charge in [0, 0.05) is 37.9 Å². The smallest absolute Gasteiger partial charge is 0.0454 e. The van der Waals surface area contributed by atoms with Gasteiger partial charge < -0.3 is 9.80 Å². The molecule has 0 heterocycles. The first-order valence-electron chi connectivity index (χ1n) is 6.25. The first-order valence-corrected chi connectivity index (χ1v) is 6.25. The van der Waals surface area contributed by atoms with Gasteiger partial charge in [-0.1, -0.05) is 31.4 Å². The van der Waals surface area contributed by atoms with Crippen LogP contribution in [0.5, 0.6) is 0 Å². The van der Waals surface area contributed by atoms with Crippen molar-refractivity contribution in [2.24, 2.45) is 0 Å². The Kier molecular flexibility index (Phi) is 5.68. The molecule has 19 heavy (non-hydrogen) atoms. The molecular formula is C17H22N2. The Morgan fingerprint density at radius 2 is 1.32 bits per heavy atom. The maximum absolute atomic E-state index is 3.69. The topological polar surface area (TPSA) is 6.48 Å². The molecule has 1 aromatic carbocycles. The Bertz CT molecular complexity index is 456. The summed E-state index contributed by atoms with van der Waals surface area (Å²) in [5.74, 6) is 0. The fourth-order valence-electron chi connectivity index (χ4n) is 1.92. The van der Waals surface area contributed by atoms with E-state index in [0.717, 1.165) is 0 Å². The summed E-state index contributed by atoms with van der Waals surface area (Å²) in [6.07, 6.45) is 11.4. The lowest BCUT2D eigenvalue weighted by molar-refractivity contribution is 1.14. The summed E-state index contributed by atoms with van der Waals surface area (Å²) in [6, 6.07) is 6.28. The van der Waals surface area contributed by atoms with Crippen LogP contribution >= 0.6 is 0 Å². The highest BCUT2D eigenvalue weighted by Gasteiger charge is 2.08. The third-order valence-electron chi connectivity index (χ3n) is 2.93. The van der Waals surface area contributed by atoms with Crippen LogP contribution in [0.15, 0.2) is 68.1 Å². The number of hydrogen-bond donors (Lipinski definition) is 0. The molecule has 2 nitrogen and oxygen atoms in total. The maximum atomic E-state index is 3.69. The zero-order chi connectivity index (χ0) is 14.3. The number of nitrogens with zero attached hydrogens (tertiary/aromatic N) is 2. The molecule has 0 bridgehead atoms. The fourth-order valence-corrected chi connectivity index (χ4v) is 1.92. The van der Waals surface area contributed by atoms with Crippen molar-refractivity contribution in [3.63, 3.8) is 0 Å². The summed E-state index contributed by atoms with van der Waals surface area (Å²) in [5.41, 5.74) is 3.58. The van der Waals surface area contributed by atoms with Crippen molar-refractivity contribution in [1.82, 2.24) is 0 Å². The predicted octanol–water partition coefficient (Wildman–Crippen LogP) is 4.27. The molecule has 0 amide bonds. The van der Waals surface area contributed by atoms with Crippen LogP contribution in [0.3, 0.4) is 0 Å². The molecule has 0 aliphatic heterocycles. The van der Waals surface area contributed by atoms with E-state index >= 15 is 0 Å². The van der Waals surface area contributed by atoms with Gasteiger partial charge in [-0.3, -0.25) is 0 Å². The zero-order valence-corrected chi connectivity index (χ0v) is 12.0. The first kappa shape index (κ1) is 14.8. The molecule has 0 saturated carbocycles. The van der Waals surface area contributed by atoms with Crippen LogP contribution in [0.4, 0.5) is 11.4 Å². The fraction of sp³-hybridized carbons (Fsp3) is 0.176. The minimum Gasteiger partial charge on any atom is -0.351 e. The van der Waals surface area contributed by atoms with Crippen molar-refractivity contribution in [2.45, 2.75) is 6.92 Å². The van der Waals surface area contributed by atoms with Gasteiger partial charge in [-0.05, 0) is 36.8 Å². The number of benzene rings is 1. The van der Waals surface area contributed by atoms with E-state index in [2.05, 4.69) is 48.1 Å². The number of allylic oxidation sites excluding steroid dienone is 4. The van der Waals surface area contributed by atoms with Gasteiger partial charge in [-0.25, -0.2) is 0 Å². The minimum atomic E-state index is 1.18. The Balaban J connectivity index is 3.10. The van der Waals surface area contributed by atoms with Gasteiger partial charge in [0.1, 0.15) is 0 Å². The molecule has 0 spiro atoms. The molecule has 0 N–H and O–H groups in total. The molecule has 0 aromatic heterocycles. The van der Waals surface area contributed by atoms with Crippen molar-refractivity contribution in [3.05, 3.63) is 73.6 Å². The van der Waals surface area contributed by atoms with Crippen molar-refractivity contribution in [2.75, 3.05) is 23.9 Å². The number of rotatable bonds is 6. The second-order valence-corrected chi connectivity index (χ2v) is 4.30. The molecule has 1 rings (SSSR count). The van der Waals surface area contributed by atoms with Crippen LogP contribution in [-0.4, -0.2) is 14.1 Å². The van der Waals surface area contributed by atoms with Gasteiger partial charge in [0.2, 0.25) is 0 Å². The molecular weight excluding hydrogens is 232 g/mol. The van der Waals surface area contributed by atoms with E-state index in [0.29, 0.717) is 0 Å². The summed E-state index contributed by atoms with van der Waals surface area (Å²) < 4.78 is 0. The predicted molar refractivity (Wildman–Crippen MR) is 86.7 cm³/mol. The number of anilines is 2. The van der Waals surface area contributed by atoms with Crippen LogP contribution in [0.1, 0.15) is 5.56 Å². The molecule has 0 aliphatic carbocycles.